The van der Waals surface area contributed by atoms with E-state index in [-0.39, 0.29) is 0 Å². The SMILES string of the molecule is CNCC1=NCC(C(=O)O)N1. The van der Waals surface area contributed by atoms with Crippen molar-refractivity contribution in [2.24, 2.45) is 4.99 Å². The molecule has 62 valence electrons. The van der Waals surface area contributed by atoms with Crippen molar-refractivity contribution >= 4 is 11.8 Å². The molecule has 1 aliphatic heterocycles. The minimum Gasteiger partial charge on any atom is -0.480 e. The van der Waals surface area contributed by atoms with E-state index in [4.69, 9.17) is 5.11 Å². The molecule has 0 radical (unpaired) electrons. The van der Waals surface area contributed by atoms with Gasteiger partial charge in [-0.1, -0.05) is 0 Å². The van der Waals surface area contributed by atoms with Crippen molar-refractivity contribution in [3.63, 3.8) is 0 Å². The Morgan fingerprint density at radius 1 is 2.00 bits per heavy atom. The predicted molar refractivity (Wildman–Crippen MR) is 40.8 cm³/mol. The van der Waals surface area contributed by atoms with Gasteiger partial charge in [-0.2, -0.15) is 0 Å². The minimum absolute atomic E-state index is 0.340. The first-order valence-corrected chi connectivity index (χ1v) is 3.41. The molecule has 5 nitrogen and oxygen atoms in total. The van der Waals surface area contributed by atoms with Crippen LogP contribution in [-0.2, 0) is 4.79 Å². The molecule has 0 amide bonds. The molecule has 0 aromatic carbocycles. The van der Waals surface area contributed by atoms with Crippen molar-refractivity contribution in [3.05, 3.63) is 0 Å². The van der Waals surface area contributed by atoms with E-state index >= 15 is 0 Å². The topological polar surface area (TPSA) is 73.7 Å². The van der Waals surface area contributed by atoms with Crippen LogP contribution in [0.3, 0.4) is 0 Å². The number of likely N-dealkylation sites (N-methyl/N-ethyl adjacent to an activating group) is 1. The molecule has 0 aliphatic carbocycles. The molecule has 1 unspecified atom stereocenters. The standard InChI is InChI=1S/C6H11N3O2/c1-7-3-5-8-2-4(9-5)6(10)11/h4,7H,2-3H2,1H3,(H,8,9)(H,10,11). The molecule has 1 heterocycles. The number of hydrogen-bond acceptors (Lipinski definition) is 4. The number of carboxylic acid groups (broad SMARTS) is 1. The largest absolute Gasteiger partial charge is 0.480 e. The summed E-state index contributed by atoms with van der Waals surface area (Å²) in [6, 6.07) is -0.529. The summed E-state index contributed by atoms with van der Waals surface area (Å²) in [4.78, 5) is 14.4. The first kappa shape index (κ1) is 8.00. The summed E-state index contributed by atoms with van der Waals surface area (Å²) >= 11 is 0. The molecule has 0 aromatic heterocycles. The Balaban J connectivity index is 2.36. The van der Waals surface area contributed by atoms with Crippen LogP contribution in [0.15, 0.2) is 4.99 Å². The summed E-state index contributed by atoms with van der Waals surface area (Å²) in [6.45, 7) is 0.941. The smallest absolute Gasteiger partial charge is 0.328 e. The summed E-state index contributed by atoms with van der Waals surface area (Å²) in [7, 11) is 1.79. The zero-order chi connectivity index (χ0) is 8.27. The predicted octanol–water partition coefficient (Wildman–Crippen LogP) is -1.34. The lowest BCUT2D eigenvalue weighted by molar-refractivity contribution is -0.138. The van der Waals surface area contributed by atoms with E-state index in [2.05, 4.69) is 15.6 Å². The summed E-state index contributed by atoms with van der Waals surface area (Å²) in [5, 5.41) is 14.2. The van der Waals surface area contributed by atoms with Gasteiger partial charge in [0.25, 0.3) is 0 Å². The molecule has 0 saturated carbocycles. The van der Waals surface area contributed by atoms with E-state index in [1.54, 1.807) is 7.05 Å². The van der Waals surface area contributed by atoms with Crippen LogP contribution in [0.1, 0.15) is 0 Å². The lowest BCUT2D eigenvalue weighted by Gasteiger charge is -2.05. The Morgan fingerprint density at radius 3 is 3.18 bits per heavy atom. The van der Waals surface area contributed by atoms with Crippen LogP contribution in [0, 0.1) is 0 Å². The fraction of sp³-hybridized carbons (Fsp3) is 0.667. The normalized spacial score (nSPS) is 22.6. The van der Waals surface area contributed by atoms with Gasteiger partial charge in [-0.25, -0.2) is 4.79 Å². The highest BCUT2D eigenvalue weighted by molar-refractivity contribution is 5.91. The molecular weight excluding hydrogens is 146 g/mol. The maximum absolute atomic E-state index is 10.4. The maximum atomic E-state index is 10.4. The van der Waals surface area contributed by atoms with E-state index in [0.717, 1.165) is 5.84 Å². The highest BCUT2D eigenvalue weighted by Crippen LogP contribution is 1.94. The average molecular weight is 157 g/mol. The highest BCUT2D eigenvalue weighted by Gasteiger charge is 2.22. The second-order valence-electron chi connectivity index (χ2n) is 2.35. The molecule has 1 rings (SSSR count). The molecule has 1 atom stereocenters. The van der Waals surface area contributed by atoms with Crippen LogP contribution < -0.4 is 10.6 Å². The Hall–Kier alpha value is -1.10. The molecule has 0 spiro atoms. The number of nitrogens with one attached hydrogen (secondary N) is 2. The number of carbonyl (C=O) groups is 1. The first-order valence-electron chi connectivity index (χ1n) is 3.41. The number of amidine groups is 1. The van der Waals surface area contributed by atoms with Crippen LogP contribution in [0.25, 0.3) is 0 Å². The van der Waals surface area contributed by atoms with Crippen LogP contribution in [0.5, 0.6) is 0 Å². The molecule has 3 N–H and O–H groups in total. The number of rotatable bonds is 3. The third kappa shape index (κ3) is 1.91. The molecule has 1 aliphatic rings. The first-order chi connectivity index (χ1) is 5.24. The highest BCUT2D eigenvalue weighted by atomic mass is 16.4. The van der Waals surface area contributed by atoms with E-state index in [0.29, 0.717) is 13.1 Å². The Bertz CT molecular complexity index is 190. The van der Waals surface area contributed by atoms with Gasteiger partial charge in [0.15, 0.2) is 0 Å². The van der Waals surface area contributed by atoms with Gasteiger partial charge in [0.05, 0.1) is 13.1 Å². The monoisotopic (exact) mass is 157 g/mol. The number of hydrogen-bond donors (Lipinski definition) is 3. The summed E-state index contributed by atoms with van der Waals surface area (Å²) in [6.07, 6.45) is 0. The van der Waals surface area contributed by atoms with E-state index in [1.807, 2.05) is 0 Å². The maximum Gasteiger partial charge on any atom is 0.328 e. The minimum atomic E-state index is -0.847. The van der Waals surface area contributed by atoms with Crippen LogP contribution in [-0.4, -0.2) is 43.1 Å². The van der Waals surface area contributed by atoms with Gasteiger partial charge in [-0.05, 0) is 7.05 Å². The van der Waals surface area contributed by atoms with Crippen molar-refractivity contribution in [1.29, 1.82) is 0 Å². The van der Waals surface area contributed by atoms with Crippen LogP contribution in [0.2, 0.25) is 0 Å². The average Bonchev–Trinajstić information content (AvgIpc) is 2.37. The number of nitrogens with zero attached hydrogens (tertiary/aromatic N) is 1. The second-order valence-corrected chi connectivity index (χ2v) is 2.35. The Kier molecular flexibility index (Phi) is 2.43. The lowest BCUT2D eigenvalue weighted by atomic mass is 10.3. The van der Waals surface area contributed by atoms with Gasteiger partial charge in [0.1, 0.15) is 11.9 Å². The number of aliphatic imine (C=N–C) groups is 1. The zero-order valence-electron chi connectivity index (χ0n) is 6.29. The molecule has 0 bridgehead atoms. The van der Waals surface area contributed by atoms with Crippen molar-refractivity contribution in [2.75, 3.05) is 20.1 Å². The zero-order valence-corrected chi connectivity index (χ0v) is 6.29. The third-order valence-electron chi connectivity index (χ3n) is 1.45. The van der Waals surface area contributed by atoms with E-state index in [9.17, 15) is 4.79 Å². The molecule has 11 heavy (non-hydrogen) atoms. The molecule has 0 saturated heterocycles. The van der Waals surface area contributed by atoms with E-state index < -0.39 is 12.0 Å². The fourth-order valence-electron chi connectivity index (χ4n) is 0.908. The number of aliphatic carboxylic acids is 1. The third-order valence-corrected chi connectivity index (χ3v) is 1.45. The molecular formula is C6H11N3O2. The van der Waals surface area contributed by atoms with Gasteiger partial charge in [0, 0.05) is 0 Å². The van der Waals surface area contributed by atoms with Crippen LogP contribution in [0.4, 0.5) is 0 Å². The van der Waals surface area contributed by atoms with Gasteiger partial charge in [-0.3, -0.25) is 4.99 Å². The molecule has 0 aromatic rings. The summed E-state index contributed by atoms with van der Waals surface area (Å²) in [5.41, 5.74) is 0. The molecule has 5 heteroatoms. The fourth-order valence-corrected chi connectivity index (χ4v) is 0.908. The van der Waals surface area contributed by atoms with Crippen molar-refractivity contribution in [1.82, 2.24) is 10.6 Å². The van der Waals surface area contributed by atoms with Crippen molar-refractivity contribution < 1.29 is 9.90 Å². The molecule has 0 fully saturated rings. The Labute approximate surface area is 64.5 Å². The van der Waals surface area contributed by atoms with Gasteiger partial charge in [-0.15, -0.1) is 0 Å². The van der Waals surface area contributed by atoms with Gasteiger partial charge in [0.2, 0.25) is 0 Å². The van der Waals surface area contributed by atoms with Gasteiger partial charge >= 0.3 is 5.97 Å². The van der Waals surface area contributed by atoms with Crippen molar-refractivity contribution in [2.45, 2.75) is 6.04 Å². The Morgan fingerprint density at radius 2 is 2.73 bits per heavy atom. The number of carboxylic acids is 1. The van der Waals surface area contributed by atoms with Crippen LogP contribution >= 0.6 is 0 Å². The quantitative estimate of drug-likeness (QED) is 0.474. The lowest BCUT2D eigenvalue weighted by Crippen LogP contribution is -2.40. The van der Waals surface area contributed by atoms with Gasteiger partial charge < -0.3 is 15.7 Å². The second kappa shape index (κ2) is 3.34. The summed E-state index contributed by atoms with van der Waals surface area (Å²) < 4.78 is 0. The van der Waals surface area contributed by atoms with Crippen molar-refractivity contribution in [3.8, 4) is 0 Å². The van der Waals surface area contributed by atoms with E-state index in [1.165, 1.54) is 0 Å². The summed E-state index contributed by atoms with van der Waals surface area (Å²) in [5.74, 6) is -0.125.